The first-order valence-electron chi connectivity index (χ1n) is 7.90. The van der Waals surface area contributed by atoms with Crippen LogP contribution >= 0.6 is 47.0 Å². The standard InChI is InChI=1S/C18H18N3S4/c1-12-13(2)24-18(23-12)17-22-11-16(25-17)15-10-20(3)19-21(15)9-14-7-5-4-6-8-14/h4-8,10-11H,9H2,1-3H3/q+1. The molecule has 4 rings (SSSR count). The lowest BCUT2D eigenvalue weighted by Gasteiger charge is -2.02. The second-order valence-corrected chi connectivity index (χ2v) is 10.7. The van der Waals surface area contributed by atoms with Crippen molar-refractivity contribution >= 4 is 52.0 Å². The van der Waals surface area contributed by atoms with Crippen molar-refractivity contribution in [2.45, 2.75) is 20.4 Å². The van der Waals surface area contributed by atoms with Gasteiger partial charge in [0.05, 0.1) is 18.6 Å². The van der Waals surface area contributed by atoms with Crippen LogP contribution in [0.4, 0.5) is 0 Å². The summed E-state index contributed by atoms with van der Waals surface area (Å²) in [5.74, 6) is 0. The molecule has 0 radical (unpaired) electrons. The van der Waals surface area contributed by atoms with E-state index in [0.29, 0.717) is 0 Å². The summed E-state index contributed by atoms with van der Waals surface area (Å²) in [6.45, 7) is 5.19. The van der Waals surface area contributed by atoms with Crippen LogP contribution in [0.5, 0.6) is 0 Å². The number of rotatable bonds is 3. The minimum absolute atomic E-state index is 0.786. The Morgan fingerprint density at radius 1 is 1.00 bits per heavy atom. The van der Waals surface area contributed by atoms with Crippen molar-refractivity contribution in [1.29, 1.82) is 0 Å². The minimum Gasteiger partial charge on any atom is -0.140 e. The van der Waals surface area contributed by atoms with Crippen molar-refractivity contribution in [3.8, 4) is 0 Å². The Morgan fingerprint density at radius 3 is 2.44 bits per heavy atom. The molecule has 25 heavy (non-hydrogen) atoms. The van der Waals surface area contributed by atoms with Gasteiger partial charge in [-0.15, -0.1) is 9.36 Å². The molecule has 7 heteroatoms. The molecule has 0 saturated carbocycles. The summed E-state index contributed by atoms with van der Waals surface area (Å²) in [5.41, 5.74) is 2.44. The van der Waals surface area contributed by atoms with Crippen LogP contribution in [0.1, 0.15) is 25.1 Å². The van der Waals surface area contributed by atoms with Crippen molar-refractivity contribution in [3.05, 3.63) is 71.5 Å². The second-order valence-electron chi connectivity index (χ2n) is 5.81. The smallest absolute Gasteiger partial charge is 0.140 e. The molecule has 128 valence electrons. The molecular formula is C18H18N3S4+. The molecule has 3 nitrogen and oxygen atoms in total. The zero-order valence-electron chi connectivity index (χ0n) is 14.2. The Balaban J connectivity index is 1.57. The predicted octanol–water partition coefficient (Wildman–Crippen LogP) is 5.39. The summed E-state index contributed by atoms with van der Waals surface area (Å²) in [6, 6.07) is 10.5. The molecule has 0 aliphatic carbocycles. The van der Waals surface area contributed by atoms with Gasteiger partial charge in [0, 0.05) is 0 Å². The fourth-order valence-corrected chi connectivity index (χ4v) is 7.67. The fraction of sp³-hybridized carbons (Fsp3) is 0.222. The first-order chi connectivity index (χ1) is 12.1. The third kappa shape index (κ3) is 3.74. The lowest BCUT2D eigenvalue weighted by Crippen LogP contribution is -2.30. The van der Waals surface area contributed by atoms with Gasteiger partial charge in [0.2, 0.25) is 5.69 Å². The van der Waals surface area contributed by atoms with Crippen LogP contribution in [0, 0.1) is 0 Å². The second kappa shape index (κ2) is 7.31. The van der Waals surface area contributed by atoms with E-state index in [1.807, 2.05) is 64.8 Å². The average Bonchev–Trinajstić information content (AvgIpc) is 3.29. The number of hydrogen-bond donors (Lipinski definition) is 0. The topological polar surface area (TPSA) is 21.7 Å². The number of aryl methyl sites for hydroxylation is 1. The Kier molecular flexibility index (Phi) is 5.08. The molecule has 2 aliphatic heterocycles. The zero-order valence-corrected chi connectivity index (χ0v) is 17.5. The molecule has 0 atom stereocenters. The third-order valence-electron chi connectivity index (χ3n) is 3.89. The van der Waals surface area contributed by atoms with Crippen LogP contribution in [-0.4, -0.2) is 9.90 Å². The first kappa shape index (κ1) is 17.4. The van der Waals surface area contributed by atoms with E-state index in [2.05, 4.69) is 59.6 Å². The van der Waals surface area contributed by atoms with Crippen molar-refractivity contribution in [1.82, 2.24) is 9.90 Å². The number of benzene rings is 1. The molecule has 0 amide bonds. The summed E-state index contributed by atoms with van der Waals surface area (Å²) in [5, 5.41) is 6.89. The van der Waals surface area contributed by atoms with Gasteiger partial charge >= 0.3 is 0 Å². The SMILES string of the molecule is CC1=C(C)SC(=C2SC=C(c3c[n+](C)nn3Cc3ccccc3)S2)S1. The van der Waals surface area contributed by atoms with E-state index in [4.69, 9.17) is 0 Å². The molecule has 0 saturated heterocycles. The molecule has 1 aromatic heterocycles. The van der Waals surface area contributed by atoms with Gasteiger partial charge in [0.25, 0.3) is 0 Å². The van der Waals surface area contributed by atoms with E-state index in [-0.39, 0.29) is 0 Å². The largest absolute Gasteiger partial charge is 0.205 e. The molecule has 0 bridgehead atoms. The quantitative estimate of drug-likeness (QED) is 0.638. The number of thioether (sulfide) groups is 4. The normalized spacial score (nSPS) is 17.6. The van der Waals surface area contributed by atoms with E-state index in [0.717, 1.165) is 6.54 Å². The van der Waals surface area contributed by atoms with Gasteiger partial charge in [-0.3, -0.25) is 0 Å². The summed E-state index contributed by atoms with van der Waals surface area (Å²) >= 11 is 7.50. The monoisotopic (exact) mass is 404 g/mol. The maximum absolute atomic E-state index is 4.63. The maximum Gasteiger partial charge on any atom is 0.205 e. The van der Waals surface area contributed by atoms with E-state index < -0.39 is 0 Å². The molecule has 0 N–H and O–H groups in total. The molecule has 1 aromatic carbocycles. The third-order valence-corrected chi connectivity index (χ3v) is 9.44. The average molecular weight is 405 g/mol. The van der Waals surface area contributed by atoms with E-state index in [1.165, 1.54) is 34.4 Å². The fourth-order valence-electron chi connectivity index (χ4n) is 2.54. The van der Waals surface area contributed by atoms with E-state index >= 15 is 0 Å². The Morgan fingerprint density at radius 2 is 1.72 bits per heavy atom. The summed E-state index contributed by atoms with van der Waals surface area (Å²) < 4.78 is 6.78. The van der Waals surface area contributed by atoms with Gasteiger partial charge in [-0.1, -0.05) is 77.4 Å². The number of hydrogen-bond acceptors (Lipinski definition) is 5. The molecule has 2 aliphatic rings. The van der Waals surface area contributed by atoms with E-state index in [1.54, 1.807) is 0 Å². The molecule has 2 aromatic rings. The highest BCUT2D eigenvalue weighted by Gasteiger charge is 2.28. The lowest BCUT2D eigenvalue weighted by molar-refractivity contribution is -0.732. The van der Waals surface area contributed by atoms with Crippen LogP contribution in [0.25, 0.3) is 4.91 Å². The molecule has 0 fully saturated rings. The summed E-state index contributed by atoms with van der Waals surface area (Å²) in [6.07, 6.45) is 2.11. The maximum atomic E-state index is 4.63. The summed E-state index contributed by atoms with van der Waals surface area (Å²) in [7, 11) is 1.98. The lowest BCUT2D eigenvalue weighted by atomic mass is 10.2. The number of nitrogens with zero attached hydrogens (tertiary/aromatic N) is 3. The minimum atomic E-state index is 0.786. The van der Waals surface area contributed by atoms with Crippen LogP contribution in [-0.2, 0) is 13.6 Å². The highest BCUT2D eigenvalue weighted by Crippen LogP contribution is 2.58. The van der Waals surface area contributed by atoms with Crippen LogP contribution in [0.2, 0.25) is 0 Å². The van der Waals surface area contributed by atoms with Crippen LogP contribution < -0.4 is 4.68 Å². The van der Waals surface area contributed by atoms with Gasteiger partial charge < -0.3 is 0 Å². The Bertz CT molecular complexity index is 894. The Hall–Kier alpha value is -1.02. The molecule has 0 unspecified atom stereocenters. The van der Waals surface area contributed by atoms with Crippen molar-refractivity contribution < 1.29 is 4.68 Å². The van der Waals surface area contributed by atoms with Crippen molar-refractivity contribution in [2.75, 3.05) is 0 Å². The number of aromatic nitrogens is 3. The van der Waals surface area contributed by atoms with Crippen molar-refractivity contribution in [2.24, 2.45) is 7.05 Å². The Labute approximate surface area is 165 Å². The van der Waals surface area contributed by atoms with E-state index in [9.17, 15) is 0 Å². The molecular weight excluding hydrogens is 386 g/mol. The highest BCUT2D eigenvalue weighted by molar-refractivity contribution is 8.35. The predicted molar refractivity (Wildman–Crippen MR) is 113 cm³/mol. The van der Waals surface area contributed by atoms with Gasteiger partial charge in [0.15, 0.2) is 6.20 Å². The first-order valence-corrected chi connectivity index (χ1v) is 11.2. The number of allylic oxidation sites excluding steroid dienone is 2. The van der Waals surface area contributed by atoms with Gasteiger partial charge in [-0.25, -0.2) is 0 Å². The molecule has 0 spiro atoms. The van der Waals surface area contributed by atoms with Crippen molar-refractivity contribution in [3.63, 3.8) is 0 Å². The van der Waals surface area contributed by atoms with Gasteiger partial charge in [0.1, 0.15) is 13.6 Å². The van der Waals surface area contributed by atoms with Crippen LogP contribution in [0.3, 0.4) is 0 Å². The highest BCUT2D eigenvalue weighted by atomic mass is 32.2. The van der Waals surface area contributed by atoms with Gasteiger partial charge in [-0.2, -0.15) is 0 Å². The zero-order chi connectivity index (χ0) is 17.4. The van der Waals surface area contributed by atoms with Crippen LogP contribution in [0.15, 0.2) is 60.2 Å². The molecule has 3 heterocycles. The van der Waals surface area contributed by atoms with Gasteiger partial charge in [-0.05, 0) is 34.6 Å². The summed E-state index contributed by atoms with van der Waals surface area (Å²) in [4.78, 5) is 4.12.